The fourth-order valence-corrected chi connectivity index (χ4v) is 2.19. The van der Waals surface area contributed by atoms with E-state index in [-0.39, 0.29) is 5.92 Å². The normalized spacial score (nSPS) is 12.8. The Kier molecular flexibility index (Phi) is 3.76. The topological polar surface area (TPSA) is 17.1 Å². The van der Waals surface area contributed by atoms with Gasteiger partial charge in [-0.05, 0) is 25.0 Å². The second kappa shape index (κ2) is 4.63. The predicted octanol–water partition coefficient (Wildman–Crippen LogP) is 3.17. The lowest BCUT2D eigenvalue weighted by molar-refractivity contribution is -0.111. The number of thiophene rings is 1. The van der Waals surface area contributed by atoms with Gasteiger partial charge in [0.25, 0.3) is 0 Å². The van der Waals surface area contributed by atoms with E-state index in [4.69, 9.17) is 11.6 Å². The molecule has 1 aromatic rings. The third kappa shape index (κ3) is 2.61. The first-order valence-electron chi connectivity index (χ1n) is 3.95. The number of halogens is 1. The Hall–Kier alpha value is -0.340. The first-order chi connectivity index (χ1) is 5.76. The maximum absolute atomic E-state index is 10.5. The van der Waals surface area contributed by atoms with Gasteiger partial charge in [0.15, 0.2) is 0 Å². The van der Waals surface area contributed by atoms with Crippen molar-refractivity contribution in [3.63, 3.8) is 0 Å². The molecule has 12 heavy (non-hydrogen) atoms. The van der Waals surface area contributed by atoms with Gasteiger partial charge in [0.2, 0.25) is 0 Å². The van der Waals surface area contributed by atoms with Crippen LogP contribution in [-0.2, 0) is 11.2 Å². The lowest BCUT2D eigenvalue weighted by Crippen LogP contribution is -2.02. The quantitative estimate of drug-likeness (QED) is 0.686. The molecular weight excluding hydrogens is 192 g/mol. The van der Waals surface area contributed by atoms with Crippen LogP contribution in [0.1, 0.15) is 18.2 Å². The summed E-state index contributed by atoms with van der Waals surface area (Å²) in [7, 11) is 0. The summed E-state index contributed by atoms with van der Waals surface area (Å²) >= 11 is 7.31. The van der Waals surface area contributed by atoms with Crippen molar-refractivity contribution in [1.82, 2.24) is 0 Å². The van der Waals surface area contributed by atoms with Gasteiger partial charge >= 0.3 is 0 Å². The fraction of sp³-hybridized carbons (Fsp3) is 0.444. The molecule has 1 aromatic heterocycles. The van der Waals surface area contributed by atoms with E-state index in [1.165, 1.54) is 4.88 Å². The molecule has 0 aliphatic rings. The zero-order valence-corrected chi connectivity index (χ0v) is 8.49. The van der Waals surface area contributed by atoms with E-state index in [1.54, 1.807) is 11.3 Å². The molecule has 0 saturated heterocycles. The molecule has 0 bridgehead atoms. The Morgan fingerprint density at radius 1 is 1.67 bits per heavy atom. The van der Waals surface area contributed by atoms with Crippen molar-refractivity contribution >= 4 is 29.2 Å². The highest BCUT2D eigenvalue weighted by atomic mass is 35.5. The molecule has 1 unspecified atom stereocenters. The van der Waals surface area contributed by atoms with Crippen LogP contribution in [0.4, 0.5) is 0 Å². The number of hydrogen-bond donors (Lipinski definition) is 0. The Morgan fingerprint density at radius 3 is 2.83 bits per heavy atom. The molecule has 0 aliphatic carbocycles. The van der Waals surface area contributed by atoms with Gasteiger partial charge in [-0.3, -0.25) is 0 Å². The summed E-state index contributed by atoms with van der Waals surface area (Å²) in [4.78, 5) is 11.7. The number of hydrogen-bond acceptors (Lipinski definition) is 2. The first-order valence-corrected chi connectivity index (χ1v) is 5.15. The van der Waals surface area contributed by atoms with Crippen LogP contribution in [0.5, 0.6) is 0 Å². The first kappa shape index (κ1) is 9.75. The SMILES string of the molecule is CCC(C=O)Cc1ccc(Cl)s1. The Labute approximate surface area is 81.4 Å². The molecule has 3 heteroatoms. The summed E-state index contributed by atoms with van der Waals surface area (Å²) in [5.41, 5.74) is 0. The van der Waals surface area contributed by atoms with Gasteiger partial charge < -0.3 is 4.79 Å². The molecular formula is C9H11ClOS. The summed E-state index contributed by atoms with van der Waals surface area (Å²) in [6.07, 6.45) is 2.75. The second-order valence-corrected chi connectivity index (χ2v) is 4.51. The molecule has 66 valence electrons. The maximum atomic E-state index is 10.5. The van der Waals surface area contributed by atoms with Crippen LogP contribution >= 0.6 is 22.9 Å². The van der Waals surface area contributed by atoms with Crippen LogP contribution in [0.3, 0.4) is 0 Å². The van der Waals surface area contributed by atoms with Crippen molar-refractivity contribution < 1.29 is 4.79 Å². The van der Waals surface area contributed by atoms with E-state index in [0.717, 1.165) is 23.5 Å². The second-order valence-electron chi connectivity index (χ2n) is 2.71. The van der Waals surface area contributed by atoms with Gasteiger partial charge in [-0.2, -0.15) is 0 Å². The molecule has 0 aromatic carbocycles. The fourth-order valence-electron chi connectivity index (χ4n) is 1.01. The largest absolute Gasteiger partial charge is 0.303 e. The highest BCUT2D eigenvalue weighted by Gasteiger charge is 2.07. The van der Waals surface area contributed by atoms with E-state index in [0.29, 0.717) is 0 Å². The van der Waals surface area contributed by atoms with E-state index < -0.39 is 0 Å². The van der Waals surface area contributed by atoms with Gasteiger partial charge in [-0.25, -0.2) is 0 Å². The number of rotatable bonds is 4. The van der Waals surface area contributed by atoms with E-state index in [9.17, 15) is 4.79 Å². The van der Waals surface area contributed by atoms with Crippen molar-refractivity contribution in [2.24, 2.45) is 5.92 Å². The summed E-state index contributed by atoms with van der Waals surface area (Å²) < 4.78 is 0.797. The highest BCUT2D eigenvalue weighted by Crippen LogP contribution is 2.24. The van der Waals surface area contributed by atoms with Gasteiger partial charge in [0.1, 0.15) is 6.29 Å². The third-order valence-corrected chi connectivity index (χ3v) is 3.06. The maximum Gasteiger partial charge on any atom is 0.123 e. The lowest BCUT2D eigenvalue weighted by Gasteiger charge is -2.03. The van der Waals surface area contributed by atoms with Crippen molar-refractivity contribution in [3.8, 4) is 0 Å². The van der Waals surface area contributed by atoms with Crippen LogP contribution in [0.25, 0.3) is 0 Å². The Bertz CT molecular complexity index is 257. The monoisotopic (exact) mass is 202 g/mol. The van der Waals surface area contributed by atoms with Crippen molar-refractivity contribution in [2.75, 3.05) is 0 Å². The number of carbonyl (C=O) groups is 1. The smallest absolute Gasteiger partial charge is 0.123 e. The molecule has 1 nitrogen and oxygen atoms in total. The molecule has 0 spiro atoms. The zero-order chi connectivity index (χ0) is 8.97. The Morgan fingerprint density at radius 2 is 2.42 bits per heavy atom. The molecule has 0 amide bonds. The number of carbonyl (C=O) groups excluding carboxylic acids is 1. The van der Waals surface area contributed by atoms with E-state index >= 15 is 0 Å². The van der Waals surface area contributed by atoms with Crippen LogP contribution in [0, 0.1) is 5.92 Å². The molecule has 0 aliphatic heterocycles. The van der Waals surface area contributed by atoms with Crippen LogP contribution < -0.4 is 0 Å². The predicted molar refractivity (Wildman–Crippen MR) is 52.9 cm³/mol. The molecule has 1 rings (SSSR count). The minimum absolute atomic E-state index is 0.153. The summed E-state index contributed by atoms with van der Waals surface area (Å²) in [6.45, 7) is 2.02. The standard InChI is InChI=1S/C9H11ClOS/c1-2-7(6-11)5-8-3-4-9(10)12-8/h3-4,6-7H,2,5H2,1H3. The van der Waals surface area contributed by atoms with Gasteiger partial charge in [-0.1, -0.05) is 18.5 Å². The van der Waals surface area contributed by atoms with Crippen molar-refractivity contribution in [2.45, 2.75) is 19.8 Å². The zero-order valence-electron chi connectivity index (χ0n) is 6.92. The van der Waals surface area contributed by atoms with Crippen molar-refractivity contribution in [3.05, 3.63) is 21.3 Å². The minimum Gasteiger partial charge on any atom is -0.303 e. The average Bonchev–Trinajstić information content (AvgIpc) is 2.47. The summed E-state index contributed by atoms with van der Waals surface area (Å²) in [6, 6.07) is 3.86. The van der Waals surface area contributed by atoms with Gasteiger partial charge in [0.05, 0.1) is 4.34 Å². The van der Waals surface area contributed by atoms with Gasteiger partial charge in [-0.15, -0.1) is 11.3 Å². The highest BCUT2D eigenvalue weighted by molar-refractivity contribution is 7.16. The third-order valence-electron chi connectivity index (χ3n) is 1.81. The molecule has 0 saturated carbocycles. The van der Waals surface area contributed by atoms with E-state index in [1.807, 2.05) is 19.1 Å². The average molecular weight is 203 g/mol. The van der Waals surface area contributed by atoms with Gasteiger partial charge in [0, 0.05) is 10.8 Å². The van der Waals surface area contributed by atoms with Crippen LogP contribution in [0.2, 0.25) is 4.34 Å². The summed E-state index contributed by atoms with van der Waals surface area (Å²) in [5.74, 6) is 0.153. The lowest BCUT2D eigenvalue weighted by atomic mass is 10.0. The molecule has 0 fully saturated rings. The minimum atomic E-state index is 0.153. The Balaban J connectivity index is 2.56. The molecule has 0 radical (unpaired) electrons. The van der Waals surface area contributed by atoms with Crippen LogP contribution in [0.15, 0.2) is 12.1 Å². The molecule has 0 N–H and O–H groups in total. The molecule has 1 atom stereocenters. The van der Waals surface area contributed by atoms with E-state index in [2.05, 4.69) is 0 Å². The summed E-state index contributed by atoms with van der Waals surface area (Å²) in [5, 5.41) is 0. The molecule has 1 heterocycles. The van der Waals surface area contributed by atoms with Crippen LogP contribution in [-0.4, -0.2) is 6.29 Å². The number of aldehydes is 1. The van der Waals surface area contributed by atoms with Crippen molar-refractivity contribution in [1.29, 1.82) is 0 Å².